The van der Waals surface area contributed by atoms with Gasteiger partial charge in [-0.15, -0.1) is 0 Å². The van der Waals surface area contributed by atoms with Crippen LogP contribution in [0.15, 0.2) is 47.3 Å². The second kappa shape index (κ2) is 8.84. The van der Waals surface area contributed by atoms with Crippen molar-refractivity contribution in [1.82, 2.24) is 19.9 Å². The average Bonchev–Trinajstić information content (AvgIpc) is 3.39. The largest absolute Gasteiger partial charge is 0.465 e. The van der Waals surface area contributed by atoms with Crippen LogP contribution in [0, 0.1) is 11.3 Å². The number of nitrogens with one attached hydrogen (secondary N) is 1. The van der Waals surface area contributed by atoms with Crippen molar-refractivity contribution in [1.29, 1.82) is 5.26 Å². The fourth-order valence-electron chi connectivity index (χ4n) is 3.70. The molecule has 1 aliphatic rings. The predicted octanol–water partition coefficient (Wildman–Crippen LogP) is 4.37. The summed E-state index contributed by atoms with van der Waals surface area (Å²) < 4.78 is 5.96. The first kappa shape index (κ1) is 19.1. The molecule has 1 fully saturated rings. The molecule has 0 bridgehead atoms. The van der Waals surface area contributed by atoms with Crippen LogP contribution in [0.5, 0.6) is 0 Å². The summed E-state index contributed by atoms with van der Waals surface area (Å²) in [5.74, 6) is 2.73. The molecule has 1 unspecified atom stereocenters. The normalized spacial score (nSPS) is 16.6. The molecular formula is C22H24N6O. The molecule has 0 spiro atoms. The van der Waals surface area contributed by atoms with Gasteiger partial charge in [0.05, 0.1) is 42.6 Å². The molecule has 7 nitrogen and oxygen atoms in total. The number of nitrogens with zero attached hydrogens (tertiary/aromatic N) is 5. The molecule has 0 aliphatic carbocycles. The van der Waals surface area contributed by atoms with Gasteiger partial charge in [0.15, 0.2) is 0 Å². The molecule has 4 rings (SSSR count). The van der Waals surface area contributed by atoms with Crippen molar-refractivity contribution in [2.24, 2.45) is 0 Å². The SMILES string of the molecule is CCCc1ccc(CN2CCCC2c2cnc(Nc3ccc(C#N)nc3)cn2)o1. The Morgan fingerprint density at radius 3 is 2.76 bits per heavy atom. The summed E-state index contributed by atoms with van der Waals surface area (Å²) in [5.41, 5.74) is 2.14. The Labute approximate surface area is 170 Å². The number of rotatable bonds is 7. The van der Waals surface area contributed by atoms with E-state index in [2.05, 4.69) is 44.2 Å². The standard InChI is InChI=1S/C22H24N6O/c1-2-4-18-8-9-19(29-18)15-28-10-3-5-21(28)20-13-26-22(14-25-20)27-17-7-6-16(11-23)24-12-17/h6-9,12-14,21H,2-5,10,15H2,1H3,(H,26,27). The maximum absolute atomic E-state index is 8.83. The summed E-state index contributed by atoms with van der Waals surface area (Å²) in [4.78, 5) is 15.6. The van der Waals surface area contributed by atoms with Crippen LogP contribution >= 0.6 is 0 Å². The van der Waals surface area contributed by atoms with Crippen molar-refractivity contribution in [2.75, 3.05) is 11.9 Å². The number of furan rings is 1. The van der Waals surface area contributed by atoms with Crippen molar-refractivity contribution in [2.45, 2.75) is 45.2 Å². The fourth-order valence-corrected chi connectivity index (χ4v) is 3.70. The molecule has 3 aromatic rings. The molecule has 3 aromatic heterocycles. The first-order valence-electron chi connectivity index (χ1n) is 10.0. The second-order valence-electron chi connectivity index (χ2n) is 7.24. The molecule has 4 heterocycles. The third kappa shape index (κ3) is 4.61. The van der Waals surface area contributed by atoms with Crippen LogP contribution < -0.4 is 5.32 Å². The topological polar surface area (TPSA) is 90.9 Å². The van der Waals surface area contributed by atoms with Crippen LogP contribution in [-0.2, 0) is 13.0 Å². The van der Waals surface area contributed by atoms with E-state index < -0.39 is 0 Å². The number of likely N-dealkylation sites (tertiary alicyclic amines) is 1. The summed E-state index contributed by atoms with van der Waals surface area (Å²) in [6.45, 7) is 3.99. The number of aromatic nitrogens is 3. The highest BCUT2D eigenvalue weighted by atomic mass is 16.3. The fraction of sp³-hybridized carbons (Fsp3) is 0.364. The zero-order chi connectivity index (χ0) is 20.1. The van der Waals surface area contributed by atoms with Gasteiger partial charge in [-0.25, -0.2) is 9.97 Å². The molecule has 148 valence electrons. The van der Waals surface area contributed by atoms with Gasteiger partial charge in [-0.2, -0.15) is 5.26 Å². The van der Waals surface area contributed by atoms with Crippen LogP contribution in [-0.4, -0.2) is 26.4 Å². The molecule has 1 aliphatic heterocycles. The predicted molar refractivity (Wildman–Crippen MR) is 109 cm³/mol. The summed E-state index contributed by atoms with van der Waals surface area (Å²) in [7, 11) is 0. The smallest absolute Gasteiger partial charge is 0.148 e. The Bertz CT molecular complexity index is 974. The number of aryl methyl sites for hydroxylation is 1. The van der Waals surface area contributed by atoms with E-state index in [1.807, 2.05) is 12.3 Å². The molecule has 0 amide bonds. The third-order valence-corrected chi connectivity index (χ3v) is 5.10. The highest BCUT2D eigenvalue weighted by Crippen LogP contribution is 2.32. The van der Waals surface area contributed by atoms with Gasteiger partial charge in [0.2, 0.25) is 0 Å². The summed E-state index contributed by atoms with van der Waals surface area (Å²) >= 11 is 0. The van der Waals surface area contributed by atoms with E-state index in [1.54, 1.807) is 24.5 Å². The lowest BCUT2D eigenvalue weighted by Gasteiger charge is -2.22. The number of hydrogen-bond donors (Lipinski definition) is 1. The minimum absolute atomic E-state index is 0.257. The summed E-state index contributed by atoms with van der Waals surface area (Å²) in [6, 6.07) is 9.91. The van der Waals surface area contributed by atoms with Gasteiger partial charge in [-0.1, -0.05) is 6.92 Å². The lowest BCUT2D eigenvalue weighted by molar-refractivity contribution is 0.222. The van der Waals surface area contributed by atoms with Crippen LogP contribution in [0.2, 0.25) is 0 Å². The first-order chi connectivity index (χ1) is 14.2. The maximum atomic E-state index is 8.83. The molecule has 0 radical (unpaired) electrons. The zero-order valence-corrected chi connectivity index (χ0v) is 16.5. The number of pyridine rings is 1. The van der Waals surface area contributed by atoms with E-state index in [0.29, 0.717) is 11.5 Å². The van der Waals surface area contributed by atoms with Crippen LogP contribution in [0.1, 0.15) is 55.1 Å². The Morgan fingerprint density at radius 1 is 1.14 bits per heavy atom. The van der Waals surface area contributed by atoms with E-state index in [4.69, 9.17) is 9.68 Å². The minimum atomic E-state index is 0.257. The highest BCUT2D eigenvalue weighted by Gasteiger charge is 2.28. The zero-order valence-electron chi connectivity index (χ0n) is 16.5. The minimum Gasteiger partial charge on any atom is -0.465 e. The molecule has 1 atom stereocenters. The molecular weight excluding hydrogens is 364 g/mol. The summed E-state index contributed by atoms with van der Waals surface area (Å²) in [5, 5.41) is 12.0. The molecule has 7 heteroatoms. The van der Waals surface area contributed by atoms with Gasteiger partial charge in [0.25, 0.3) is 0 Å². The van der Waals surface area contributed by atoms with Gasteiger partial charge in [0, 0.05) is 6.42 Å². The molecule has 29 heavy (non-hydrogen) atoms. The van der Waals surface area contributed by atoms with Crippen molar-refractivity contribution < 1.29 is 4.42 Å². The molecule has 1 saturated heterocycles. The Balaban J connectivity index is 1.40. The van der Waals surface area contributed by atoms with Crippen molar-refractivity contribution in [3.63, 3.8) is 0 Å². The van der Waals surface area contributed by atoms with Gasteiger partial charge in [-0.3, -0.25) is 9.88 Å². The molecule has 0 saturated carbocycles. The van der Waals surface area contributed by atoms with Crippen molar-refractivity contribution in [3.8, 4) is 6.07 Å². The van der Waals surface area contributed by atoms with E-state index in [-0.39, 0.29) is 6.04 Å². The number of anilines is 2. The molecule has 1 N–H and O–H groups in total. The van der Waals surface area contributed by atoms with Crippen molar-refractivity contribution in [3.05, 3.63) is 65.8 Å². The van der Waals surface area contributed by atoms with Crippen LogP contribution in [0.25, 0.3) is 0 Å². The first-order valence-corrected chi connectivity index (χ1v) is 10.0. The van der Waals surface area contributed by atoms with E-state index >= 15 is 0 Å². The van der Waals surface area contributed by atoms with Gasteiger partial charge >= 0.3 is 0 Å². The summed E-state index contributed by atoms with van der Waals surface area (Å²) in [6.07, 6.45) is 9.49. The Hall–Kier alpha value is -3.24. The van der Waals surface area contributed by atoms with Crippen LogP contribution in [0.4, 0.5) is 11.5 Å². The third-order valence-electron chi connectivity index (χ3n) is 5.10. The number of nitriles is 1. The second-order valence-corrected chi connectivity index (χ2v) is 7.24. The van der Waals surface area contributed by atoms with E-state index in [1.165, 1.54) is 0 Å². The maximum Gasteiger partial charge on any atom is 0.148 e. The lowest BCUT2D eigenvalue weighted by Crippen LogP contribution is -2.23. The number of hydrogen-bond acceptors (Lipinski definition) is 7. The Kier molecular flexibility index (Phi) is 5.82. The quantitative estimate of drug-likeness (QED) is 0.642. The van der Waals surface area contributed by atoms with Gasteiger partial charge in [-0.05, 0) is 50.1 Å². The molecule has 0 aromatic carbocycles. The van der Waals surface area contributed by atoms with E-state index in [9.17, 15) is 0 Å². The van der Waals surface area contributed by atoms with Gasteiger partial charge in [0.1, 0.15) is 29.1 Å². The van der Waals surface area contributed by atoms with Crippen molar-refractivity contribution >= 4 is 11.5 Å². The van der Waals surface area contributed by atoms with Crippen LogP contribution in [0.3, 0.4) is 0 Å². The van der Waals surface area contributed by atoms with E-state index in [0.717, 1.165) is 61.7 Å². The Morgan fingerprint density at radius 2 is 2.03 bits per heavy atom. The monoisotopic (exact) mass is 388 g/mol. The lowest BCUT2D eigenvalue weighted by atomic mass is 10.1. The highest BCUT2D eigenvalue weighted by molar-refractivity contribution is 5.54. The van der Waals surface area contributed by atoms with Gasteiger partial charge < -0.3 is 9.73 Å². The average molecular weight is 388 g/mol.